The molecule has 2 N–H and O–H groups in total. The molecule has 0 bridgehead atoms. The van der Waals surface area contributed by atoms with Gasteiger partial charge in [-0.15, -0.1) is 0 Å². The first-order valence-electron chi connectivity index (χ1n) is 8.27. The van der Waals surface area contributed by atoms with Gasteiger partial charge in [-0.1, -0.05) is 6.07 Å². The summed E-state index contributed by atoms with van der Waals surface area (Å²) >= 11 is 0. The summed E-state index contributed by atoms with van der Waals surface area (Å²) in [5.41, 5.74) is 0.254. The predicted octanol–water partition coefficient (Wildman–Crippen LogP) is 2.13. The van der Waals surface area contributed by atoms with Crippen LogP contribution in [-0.2, 0) is 30.2 Å². The molecule has 1 atom stereocenters. The number of rotatable bonds is 10. The number of hydrogen-bond acceptors (Lipinski definition) is 7. The maximum atomic E-state index is 11.8. The van der Waals surface area contributed by atoms with Crippen LogP contribution in [-0.4, -0.2) is 54.0 Å². The van der Waals surface area contributed by atoms with Gasteiger partial charge in [0.2, 0.25) is 0 Å². The number of phenols is 2. The summed E-state index contributed by atoms with van der Waals surface area (Å²) in [7, 11) is 0. The molecule has 1 aromatic carbocycles. The molecule has 0 amide bonds. The summed E-state index contributed by atoms with van der Waals surface area (Å²) in [6, 6.07) is 4.49. The quantitative estimate of drug-likeness (QED) is 0.377. The second-order valence-corrected chi connectivity index (χ2v) is 6.86. The Kier molecular flexibility index (Phi) is 6.26. The third-order valence-electron chi connectivity index (χ3n) is 3.94. The number of carbonyl (C=O) groups excluding carboxylic acids is 1. The van der Waals surface area contributed by atoms with E-state index in [-0.39, 0.29) is 24.7 Å². The Morgan fingerprint density at radius 1 is 1.28 bits per heavy atom. The van der Waals surface area contributed by atoms with Crippen molar-refractivity contribution in [2.75, 3.05) is 26.4 Å². The molecule has 0 saturated carbocycles. The van der Waals surface area contributed by atoms with Crippen LogP contribution in [0.3, 0.4) is 0 Å². The molecule has 7 nitrogen and oxygen atoms in total. The zero-order valence-corrected chi connectivity index (χ0v) is 14.9. The Bertz CT molecular complexity index is 593. The minimum atomic E-state index is -0.507. The SMILES string of the molecule is CC(C)(CCOC1(C)CO1)OCC(=O)OCCc1ccc(O)c(O)c1. The number of aromatic hydroxyl groups is 2. The van der Waals surface area contributed by atoms with Gasteiger partial charge in [-0.2, -0.15) is 0 Å². The minimum absolute atomic E-state index is 0.137. The number of benzene rings is 1. The number of phenolic OH excluding ortho intramolecular Hbond substituents is 2. The normalized spacial score (nSPS) is 19.6. The molecule has 2 rings (SSSR count). The summed E-state index contributed by atoms with van der Waals surface area (Å²) < 4.78 is 21.4. The third kappa shape index (κ3) is 6.89. The van der Waals surface area contributed by atoms with Crippen molar-refractivity contribution in [2.24, 2.45) is 0 Å². The van der Waals surface area contributed by atoms with Gasteiger partial charge in [0.05, 0.1) is 18.8 Å². The highest BCUT2D eigenvalue weighted by molar-refractivity contribution is 5.70. The summed E-state index contributed by atoms with van der Waals surface area (Å²) in [5, 5.41) is 18.7. The number of hydrogen-bond donors (Lipinski definition) is 2. The highest BCUT2D eigenvalue weighted by atomic mass is 16.8. The topological polar surface area (TPSA) is 97.8 Å². The third-order valence-corrected chi connectivity index (χ3v) is 3.94. The van der Waals surface area contributed by atoms with Crippen LogP contribution in [0.1, 0.15) is 32.8 Å². The minimum Gasteiger partial charge on any atom is -0.504 e. The highest BCUT2D eigenvalue weighted by Gasteiger charge is 2.40. The van der Waals surface area contributed by atoms with Gasteiger partial charge in [-0.3, -0.25) is 0 Å². The molecule has 25 heavy (non-hydrogen) atoms. The van der Waals surface area contributed by atoms with E-state index in [0.29, 0.717) is 26.1 Å². The molecule has 7 heteroatoms. The fourth-order valence-electron chi connectivity index (χ4n) is 2.07. The number of esters is 1. The smallest absolute Gasteiger partial charge is 0.332 e. The molecule has 1 fully saturated rings. The van der Waals surface area contributed by atoms with E-state index in [1.54, 1.807) is 6.07 Å². The van der Waals surface area contributed by atoms with Gasteiger partial charge in [0.1, 0.15) is 13.2 Å². The number of epoxide rings is 1. The molecule has 0 aliphatic carbocycles. The van der Waals surface area contributed by atoms with Crippen LogP contribution < -0.4 is 0 Å². The molecule has 0 radical (unpaired) electrons. The average molecular weight is 354 g/mol. The van der Waals surface area contributed by atoms with Gasteiger partial charge < -0.3 is 29.2 Å². The number of ether oxygens (including phenoxy) is 4. The van der Waals surface area contributed by atoms with E-state index in [0.717, 1.165) is 5.56 Å². The van der Waals surface area contributed by atoms with Gasteiger partial charge in [0.25, 0.3) is 0 Å². The van der Waals surface area contributed by atoms with E-state index in [9.17, 15) is 15.0 Å². The maximum Gasteiger partial charge on any atom is 0.332 e. The van der Waals surface area contributed by atoms with Crippen LogP contribution in [0.2, 0.25) is 0 Å². The van der Waals surface area contributed by atoms with E-state index in [4.69, 9.17) is 18.9 Å². The molecular formula is C18H26O7. The van der Waals surface area contributed by atoms with Gasteiger partial charge in [-0.05, 0) is 44.9 Å². The van der Waals surface area contributed by atoms with Crippen molar-refractivity contribution in [3.8, 4) is 11.5 Å². The van der Waals surface area contributed by atoms with Crippen molar-refractivity contribution in [3.63, 3.8) is 0 Å². The second-order valence-electron chi connectivity index (χ2n) is 6.86. The zero-order valence-electron chi connectivity index (χ0n) is 14.9. The molecule has 1 heterocycles. The van der Waals surface area contributed by atoms with Crippen LogP contribution in [0.5, 0.6) is 11.5 Å². The van der Waals surface area contributed by atoms with Crippen LogP contribution >= 0.6 is 0 Å². The zero-order chi connectivity index (χ0) is 18.5. The predicted molar refractivity (Wildman–Crippen MR) is 89.4 cm³/mol. The highest BCUT2D eigenvalue weighted by Crippen LogP contribution is 2.28. The first-order chi connectivity index (χ1) is 11.7. The monoisotopic (exact) mass is 354 g/mol. The van der Waals surface area contributed by atoms with Gasteiger partial charge in [0, 0.05) is 6.42 Å². The van der Waals surface area contributed by atoms with E-state index in [1.165, 1.54) is 12.1 Å². The van der Waals surface area contributed by atoms with E-state index in [1.807, 2.05) is 20.8 Å². The van der Waals surface area contributed by atoms with Crippen LogP contribution in [0.15, 0.2) is 18.2 Å². The molecule has 140 valence electrons. The molecule has 1 aliphatic rings. The van der Waals surface area contributed by atoms with E-state index in [2.05, 4.69) is 0 Å². The van der Waals surface area contributed by atoms with Crippen molar-refractivity contribution in [3.05, 3.63) is 23.8 Å². The second kappa shape index (κ2) is 8.03. The Balaban J connectivity index is 1.61. The summed E-state index contributed by atoms with van der Waals surface area (Å²) in [6.07, 6.45) is 1.07. The molecule has 0 spiro atoms. The fourth-order valence-corrected chi connectivity index (χ4v) is 2.07. The lowest BCUT2D eigenvalue weighted by molar-refractivity contribution is -0.156. The molecule has 1 aliphatic heterocycles. The largest absolute Gasteiger partial charge is 0.504 e. The standard InChI is InChI=1S/C18H26O7/c1-17(2,7-9-23-18(3)12-25-18)24-11-16(21)22-8-6-13-4-5-14(19)15(20)10-13/h4-5,10,19-20H,6-9,11-12H2,1-3H3. The van der Waals surface area contributed by atoms with E-state index < -0.39 is 17.4 Å². The summed E-state index contributed by atoms with van der Waals surface area (Å²) in [6.45, 7) is 6.79. The Morgan fingerprint density at radius 2 is 2.00 bits per heavy atom. The maximum absolute atomic E-state index is 11.8. The van der Waals surface area contributed by atoms with Crippen molar-refractivity contribution >= 4 is 5.97 Å². The summed E-state index contributed by atoms with van der Waals surface area (Å²) in [5.74, 6) is -1.27. The van der Waals surface area contributed by atoms with Crippen molar-refractivity contribution in [1.82, 2.24) is 0 Å². The van der Waals surface area contributed by atoms with Crippen molar-refractivity contribution < 1.29 is 34.0 Å². The van der Waals surface area contributed by atoms with Crippen LogP contribution in [0, 0.1) is 0 Å². The molecular weight excluding hydrogens is 328 g/mol. The molecule has 1 saturated heterocycles. The van der Waals surface area contributed by atoms with Gasteiger partial charge in [0.15, 0.2) is 17.3 Å². The Morgan fingerprint density at radius 3 is 2.64 bits per heavy atom. The lowest BCUT2D eigenvalue weighted by Crippen LogP contribution is -2.31. The first-order valence-corrected chi connectivity index (χ1v) is 8.27. The Hall–Kier alpha value is -1.83. The Labute approximate surface area is 147 Å². The van der Waals surface area contributed by atoms with Crippen LogP contribution in [0.25, 0.3) is 0 Å². The fraction of sp³-hybridized carbons (Fsp3) is 0.611. The van der Waals surface area contributed by atoms with Gasteiger partial charge >= 0.3 is 5.97 Å². The lowest BCUT2D eigenvalue weighted by atomic mass is 10.1. The molecule has 1 aromatic rings. The first kappa shape index (κ1) is 19.5. The summed E-state index contributed by atoms with van der Waals surface area (Å²) in [4.78, 5) is 11.8. The molecule has 1 unspecified atom stereocenters. The van der Waals surface area contributed by atoms with E-state index >= 15 is 0 Å². The van der Waals surface area contributed by atoms with Crippen molar-refractivity contribution in [1.29, 1.82) is 0 Å². The van der Waals surface area contributed by atoms with Crippen molar-refractivity contribution in [2.45, 2.75) is 45.0 Å². The number of carbonyl (C=O) groups is 1. The lowest BCUT2D eigenvalue weighted by Gasteiger charge is -2.25. The van der Waals surface area contributed by atoms with Gasteiger partial charge in [-0.25, -0.2) is 4.79 Å². The average Bonchev–Trinajstić information content (AvgIpc) is 3.26. The molecule has 0 aromatic heterocycles. The van der Waals surface area contributed by atoms with Crippen LogP contribution in [0.4, 0.5) is 0 Å².